The van der Waals surface area contributed by atoms with Gasteiger partial charge in [0.25, 0.3) is 0 Å². The van der Waals surface area contributed by atoms with Gasteiger partial charge >= 0.3 is 5.97 Å². The molecule has 0 atom stereocenters. The van der Waals surface area contributed by atoms with E-state index in [2.05, 4.69) is 4.98 Å². The lowest BCUT2D eigenvalue weighted by Crippen LogP contribution is -2.00. The van der Waals surface area contributed by atoms with Gasteiger partial charge in [0.05, 0.1) is 7.11 Å². The molecule has 0 saturated heterocycles. The fraction of sp³-hybridized carbons (Fsp3) is 0.231. The molecule has 0 aliphatic carbocycles. The van der Waals surface area contributed by atoms with Crippen LogP contribution in [-0.2, 0) is 4.74 Å². The molecule has 0 aliphatic heterocycles. The zero-order valence-electron chi connectivity index (χ0n) is 9.98. The summed E-state index contributed by atoms with van der Waals surface area (Å²) < 4.78 is 4.79. The average Bonchev–Trinajstić information content (AvgIpc) is 2.71. The highest BCUT2D eigenvalue weighted by Crippen LogP contribution is 2.32. The topological polar surface area (TPSA) is 39.2 Å². The lowest BCUT2D eigenvalue weighted by molar-refractivity contribution is 0.0607. The molecule has 0 radical (unpaired) electrons. The van der Waals surface area contributed by atoms with Crippen LogP contribution in [0.5, 0.6) is 0 Å². The standard InChI is InChI=1S/C13H13NO2S/c1-8-7-17-12(13(15)16-3)11(8)10-5-4-9(2)14-6-10/h4-7H,1-3H3. The normalized spacial score (nSPS) is 10.3. The number of ether oxygens (including phenoxy) is 1. The molecule has 2 rings (SSSR count). The fourth-order valence-electron chi connectivity index (χ4n) is 1.66. The molecule has 2 aromatic rings. The zero-order chi connectivity index (χ0) is 12.4. The second-order valence-corrected chi connectivity index (χ2v) is 4.68. The van der Waals surface area contributed by atoms with Crippen LogP contribution in [-0.4, -0.2) is 18.1 Å². The van der Waals surface area contributed by atoms with Crippen molar-refractivity contribution in [3.05, 3.63) is 39.8 Å². The summed E-state index contributed by atoms with van der Waals surface area (Å²) in [5.74, 6) is -0.293. The van der Waals surface area contributed by atoms with Crippen LogP contribution in [0.3, 0.4) is 0 Å². The smallest absolute Gasteiger partial charge is 0.348 e. The molecule has 0 aliphatic rings. The Kier molecular flexibility index (Phi) is 3.24. The second kappa shape index (κ2) is 4.67. The Morgan fingerprint density at radius 3 is 2.71 bits per heavy atom. The number of carbonyl (C=O) groups excluding carboxylic acids is 1. The van der Waals surface area contributed by atoms with Crippen molar-refractivity contribution in [2.24, 2.45) is 0 Å². The minimum Gasteiger partial charge on any atom is -0.465 e. The molecule has 0 saturated carbocycles. The van der Waals surface area contributed by atoms with E-state index < -0.39 is 0 Å². The van der Waals surface area contributed by atoms with E-state index in [9.17, 15) is 4.79 Å². The molecule has 4 heteroatoms. The number of esters is 1. The van der Waals surface area contributed by atoms with Gasteiger partial charge in [-0.15, -0.1) is 11.3 Å². The molecular weight excluding hydrogens is 234 g/mol. The zero-order valence-corrected chi connectivity index (χ0v) is 10.8. The van der Waals surface area contributed by atoms with Gasteiger partial charge in [0.15, 0.2) is 0 Å². The third kappa shape index (κ3) is 2.22. The number of thiophene rings is 1. The van der Waals surface area contributed by atoms with E-state index in [0.717, 1.165) is 22.4 Å². The number of methoxy groups -OCH3 is 1. The Bertz CT molecular complexity index is 543. The number of pyridine rings is 1. The highest BCUT2D eigenvalue weighted by Gasteiger charge is 2.17. The van der Waals surface area contributed by atoms with Crippen molar-refractivity contribution in [1.82, 2.24) is 4.98 Å². The first-order valence-corrected chi connectivity index (χ1v) is 6.11. The van der Waals surface area contributed by atoms with Crippen LogP contribution in [0.2, 0.25) is 0 Å². The van der Waals surface area contributed by atoms with Crippen molar-refractivity contribution in [3.8, 4) is 11.1 Å². The Hall–Kier alpha value is -1.68. The third-order valence-electron chi connectivity index (χ3n) is 2.55. The van der Waals surface area contributed by atoms with Crippen molar-refractivity contribution in [1.29, 1.82) is 0 Å². The van der Waals surface area contributed by atoms with Gasteiger partial charge in [-0.05, 0) is 30.9 Å². The van der Waals surface area contributed by atoms with E-state index in [0.29, 0.717) is 4.88 Å². The summed E-state index contributed by atoms with van der Waals surface area (Å²) in [4.78, 5) is 16.5. The highest BCUT2D eigenvalue weighted by molar-refractivity contribution is 7.12. The molecule has 17 heavy (non-hydrogen) atoms. The molecule has 0 aromatic carbocycles. The van der Waals surface area contributed by atoms with E-state index in [1.807, 2.05) is 31.4 Å². The van der Waals surface area contributed by atoms with Crippen LogP contribution >= 0.6 is 11.3 Å². The van der Waals surface area contributed by atoms with E-state index in [4.69, 9.17) is 4.74 Å². The number of aryl methyl sites for hydroxylation is 2. The number of hydrogen-bond acceptors (Lipinski definition) is 4. The van der Waals surface area contributed by atoms with E-state index in [1.54, 1.807) is 6.20 Å². The van der Waals surface area contributed by atoms with Gasteiger partial charge in [0.1, 0.15) is 4.88 Å². The van der Waals surface area contributed by atoms with Crippen molar-refractivity contribution in [2.75, 3.05) is 7.11 Å². The molecule has 0 N–H and O–H groups in total. The fourth-order valence-corrected chi connectivity index (χ4v) is 2.65. The van der Waals surface area contributed by atoms with E-state index >= 15 is 0 Å². The molecule has 0 amide bonds. The predicted molar refractivity (Wildman–Crippen MR) is 68.4 cm³/mol. The highest BCUT2D eigenvalue weighted by atomic mass is 32.1. The van der Waals surface area contributed by atoms with Gasteiger partial charge in [-0.1, -0.05) is 6.07 Å². The lowest BCUT2D eigenvalue weighted by Gasteiger charge is -2.04. The Morgan fingerprint density at radius 1 is 1.35 bits per heavy atom. The maximum absolute atomic E-state index is 11.7. The average molecular weight is 247 g/mol. The summed E-state index contributed by atoms with van der Waals surface area (Å²) in [6.45, 7) is 3.92. The van der Waals surface area contributed by atoms with Crippen LogP contribution in [0.25, 0.3) is 11.1 Å². The maximum Gasteiger partial charge on any atom is 0.348 e. The second-order valence-electron chi connectivity index (χ2n) is 3.80. The Balaban J connectivity index is 2.54. The number of rotatable bonds is 2. The quantitative estimate of drug-likeness (QED) is 0.765. The largest absolute Gasteiger partial charge is 0.465 e. The van der Waals surface area contributed by atoms with Crippen molar-refractivity contribution < 1.29 is 9.53 Å². The van der Waals surface area contributed by atoms with Gasteiger partial charge in [-0.3, -0.25) is 4.98 Å². The van der Waals surface area contributed by atoms with Gasteiger partial charge in [0, 0.05) is 23.0 Å². The van der Waals surface area contributed by atoms with Gasteiger partial charge < -0.3 is 4.74 Å². The first-order valence-electron chi connectivity index (χ1n) is 5.23. The maximum atomic E-state index is 11.7. The summed E-state index contributed by atoms with van der Waals surface area (Å²) in [6, 6.07) is 3.91. The SMILES string of the molecule is COC(=O)c1scc(C)c1-c1ccc(C)nc1. The molecule has 0 unspecified atom stereocenters. The lowest BCUT2D eigenvalue weighted by atomic mass is 10.0. The van der Waals surface area contributed by atoms with Crippen molar-refractivity contribution in [2.45, 2.75) is 13.8 Å². The molecule has 88 valence electrons. The van der Waals surface area contributed by atoms with Gasteiger partial charge in [-0.2, -0.15) is 0 Å². The van der Waals surface area contributed by atoms with Crippen LogP contribution < -0.4 is 0 Å². The van der Waals surface area contributed by atoms with Crippen LogP contribution in [0.15, 0.2) is 23.7 Å². The minimum atomic E-state index is -0.293. The summed E-state index contributed by atoms with van der Waals surface area (Å²) in [5.41, 5.74) is 3.91. The number of nitrogens with zero attached hydrogens (tertiary/aromatic N) is 1. The number of aromatic nitrogens is 1. The van der Waals surface area contributed by atoms with Crippen LogP contribution in [0.4, 0.5) is 0 Å². The molecule has 0 bridgehead atoms. The predicted octanol–water partition coefficient (Wildman–Crippen LogP) is 3.21. The van der Waals surface area contributed by atoms with Crippen LogP contribution in [0, 0.1) is 13.8 Å². The molecule has 2 aromatic heterocycles. The first-order chi connectivity index (χ1) is 8.13. The molecule has 0 fully saturated rings. The van der Waals surface area contributed by atoms with Gasteiger partial charge in [0.2, 0.25) is 0 Å². The van der Waals surface area contributed by atoms with Crippen molar-refractivity contribution in [3.63, 3.8) is 0 Å². The molecular formula is C13H13NO2S. The summed E-state index contributed by atoms with van der Waals surface area (Å²) in [5, 5.41) is 1.96. The summed E-state index contributed by atoms with van der Waals surface area (Å²) >= 11 is 1.41. The Morgan fingerprint density at radius 2 is 2.12 bits per heavy atom. The monoisotopic (exact) mass is 247 g/mol. The Labute approximate surface area is 104 Å². The molecule has 0 spiro atoms. The first kappa shape index (κ1) is 11.8. The van der Waals surface area contributed by atoms with Crippen LogP contribution in [0.1, 0.15) is 20.9 Å². The van der Waals surface area contributed by atoms with E-state index in [-0.39, 0.29) is 5.97 Å². The third-order valence-corrected chi connectivity index (χ3v) is 3.62. The molecule has 3 nitrogen and oxygen atoms in total. The molecule has 2 heterocycles. The minimum absolute atomic E-state index is 0.293. The van der Waals surface area contributed by atoms with Crippen molar-refractivity contribution >= 4 is 17.3 Å². The number of hydrogen-bond donors (Lipinski definition) is 0. The summed E-state index contributed by atoms with van der Waals surface area (Å²) in [7, 11) is 1.40. The summed E-state index contributed by atoms with van der Waals surface area (Å²) in [6.07, 6.45) is 1.79. The van der Waals surface area contributed by atoms with Gasteiger partial charge in [-0.25, -0.2) is 4.79 Å². The number of carbonyl (C=O) groups is 1. The van der Waals surface area contributed by atoms with E-state index in [1.165, 1.54) is 18.4 Å².